The summed E-state index contributed by atoms with van der Waals surface area (Å²) in [5, 5.41) is 0. The van der Waals surface area contributed by atoms with Crippen molar-refractivity contribution in [2.24, 2.45) is 0 Å². The summed E-state index contributed by atoms with van der Waals surface area (Å²) >= 11 is 0. The molecule has 26 heteroatoms. The normalized spacial score (nSPS) is 18.7. The molecule has 0 aromatic carbocycles. The molecule has 0 radical (unpaired) electrons. The van der Waals surface area contributed by atoms with Crippen molar-refractivity contribution in [1.82, 2.24) is 0 Å². The molecule has 0 saturated heterocycles. The van der Waals surface area contributed by atoms with Crippen molar-refractivity contribution in [1.29, 1.82) is 0 Å². The molecule has 0 aliphatic carbocycles. The van der Waals surface area contributed by atoms with E-state index in [1.54, 1.807) is 0 Å². The molecule has 2 N–H and O–H groups in total. The lowest BCUT2D eigenvalue weighted by Crippen LogP contribution is -2.63. The quantitative estimate of drug-likeness (QED) is 0.155. The van der Waals surface area contributed by atoms with Crippen molar-refractivity contribution in [2.45, 2.75) is 60.1 Å². The Morgan fingerprint density at radius 1 is 0.500 bits per heavy atom. The molecule has 38 heavy (non-hydrogen) atoms. The van der Waals surface area contributed by atoms with Crippen LogP contribution in [0.15, 0.2) is 0 Å². The van der Waals surface area contributed by atoms with E-state index in [4.69, 9.17) is 9.79 Å². The maximum atomic E-state index is 13.3. The Morgan fingerprint density at radius 3 is 0.895 bits per heavy atom. The summed E-state index contributed by atoms with van der Waals surface area (Å²) in [4.78, 5) is 36.3. The van der Waals surface area contributed by atoms with Crippen LogP contribution in [0.25, 0.3) is 0 Å². The van der Waals surface area contributed by atoms with Crippen LogP contribution < -0.4 is 9.79 Å². The molecule has 8 nitrogen and oxygen atoms in total. The molecule has 230 valence electrons. The van der Waals surface area contributed by atoms with Gasteiger partial charge in [0, 0.05) is 0 Å². The first-order valence-corrected chi connectivity index (χ1v) is 11.7. The first kappa shape index (κ1) is 37.1. The van der Waals surface area contributed by atoms with Crippen LogP contribution in [-0.2, 0) is 18.6 Å². The van der Waals surface area contributed by atoms with E-state index in [-0.39, 0.29) is 0 Å². The zero-order valence-electron chi connectivity index (χ0n) is 17.1. The van der Waals surface area contributed by atoms with Crippen LogP contribution in [0.2, 0.25) is 0 Å². The summed E-state index contributed by atoms with van der Waals surface area (Å²) in [6, 6.07) is 0. The second kappa shape index (κ2) is 10.5. The number of hydrogen-bond acceptors (Lipinski definition) is 6. The van der Waals surface area contributed by atoms with Gasteiger partial charge >= 0.3 is 47.2 Å². The second-order valence-electron chi connectivity index (χ2n) is 6.86. The van der Waals surface area contributed by atoms with Crippen LogP contribution in [0.4, 0.5) is 70.2 Å². The lowest BCUT2D eigenvalue weighted by molar-refractivity contribution is -0.424. The third-order valence-corrected chi connectivity index (χ3v) is 6.07. The maximum Gasteiger partial charge on any atom is 0.426 e. The molecule has 0 fully saturated rings. The summed E-state index contributed by atoms with van der Waals surface area (Å²) in [5.74, 6) is -29.9. The van der Waals surface area contributed by atoms with E-state index in [2.05, 4.69) is 9.47 Å². The van der Waals surface area contributed by atoms with Gasteiger partial charge in [0.2, 0.25) is 15.2 Å². The van der Waals surface area contributed by atoms with E-state index in [0.29, 0.717) is 0 Å². The van der Waals surface area contributed by atoms with Gasteiger partial charge < -0.3 is 38.2 Å². The van der Waals surface area contributed by atoms with E-state index in [9.17, 15) is 89.2 Å². The molecule has 0 aromatic rings. The highest BCUT2D eigenvalue weighted by Crippen LogP contribution is 2.65. The minimum atomic E-state index is -7.76. The molecular weight excluding hydrogens is 638 g/mol. The van der Waals surface area contributed by atoms with E-state index in [1.165, 1.54) is 0 Å². The molecule has 2 unspecified atom stereocenters. The van der Waals surface area contributed by atoms with E-state index in [1.807, 2.05) is 0 Å². The van der Waals surface area contributed by atoms with E-state index < -0.39 is 88.5 Å². The highest BCUT2D eigenvalue weighted by molar-refractivity contribution is 7.52. The molecule has 0 rings (SSSR count). The van der Waals surface area contributed by atoms with Crippen molar-refractivity contribution in [3.8, 4) is 0 Å². The van der Waals surface area contributed by atoms with Crippen LogP contribution in [0.3, 0.4) is 0 Å². The molecule has 0 aliphatic rings. The topological polar surface area (TPSA) is 139 Å². The van der Waals surface area contributed by atoms with Gasteiger partial charge in [-0.05, 0) is 12.8 Å². The first-order chi connectivity index (χ1) is 16.2. The van der Waals surface area contributed by atoms with Crippen LogP contribution in [-0.4, -0.2) is 70.2 Å². The lowest BCUT2D eigenvalue weighted by atomic mass is 10.1. The Hall–Kier alpha value is -0.900. The Bertz CT molecular complexity index is 855. The minimum absolute atomic E-state index is 1.45. The third-order valence-electron chi connectivity index (χ3n) is 4.09. The monoisotopic (exact) mass is 648 g/mol. The number of rotatable bonds is 15. The number of halogens is 16. The molecule has 0 amide bonds. The van der Waals surface area contributed by atoms with Crippen molar-refractivity contribution in [2.75, 3.05) is 13.2 Å². The summed E-state index contributed by atoms with van der Waals surface area (Å²) in [5.41, 5.74) is -14.4. The predicted molar refractivity (Wildman–Crippen MR) is 80.4 cm³/mol. The molecular formula is C12H10F16O8P2-2. The van der Waals surface area contributed by atoms with Gasteiger partial charge in [-0.3, -0.25) is 0 Å². The van der Waals surface area contributed by atoms with Crippen LogP contribution in [0.1, 0.15) is 12.8 Å². The van der Waals surface area contributed by atoms with Gasteiger partial charge in [0.15, 0.2) is 0 Å². The SMILES string of the molecule is O=P([O-])(O)C(F)(F)C(F)(F)C(F)(F)C(F)(F)OCCCCOC(F)(F)C(F)(F)C(F)(F)C(F)(F)P(=O)([O-])O. The molecule has 0 heterocycles. The fraction of sp³-hybridized carbons (Fsp3) is 1.00. The minimum Gasteiger partial charge on any atom is -0.774 e. The van der Waals surface area contributed by atoms with Crippen LogP contribution in [0.5, 0.6) is 0 Å². The molecule has 2 atom stereocenters. The largest absolute Gasteiger partial charge is 0.774 e. The summed E-state index contributed by atoms with van der Waals surface area (Å²) in [7, 11) is -15.5. The van der Waals surface area contributed by atoms with E-state index in [0.717, 1.165) is 0 Å². The zero-order chi connectivity index (χ0) is 31.2. The molecule has 0 bridgehead atoms. The van der Waals surface area contributed by atoms with Crippen LogP contribution in [0, 0.1) is 0 Å². The molecule has 0 aliphatic heterocycles. The average molecular weight is 648 g/mol. The van der Waals surface area contributed by atoms with Gasteiger partial charge in [0.1, 0.15) is 0 Å². The highest BCUT2D eigenvalue weighted by atomic mass is 31.2. The van der Waals surface area contributed by atoms with E-state index >= 15 is 0 Å². The zero-order valence-corrected chi connectivity index (χ0v) is 18.9. The highest BCUT2D eigenvalue weighted by Gasteiger charge is 2.85. The Kier molecular flexibility index (Phi) is 10.2. The van der Waals surface area contributed by atoms with Crippen molar-refractivity contribution in [3.63, 3.8) is 0 Å². The standard InChI is InChI=1S/C12H12F16O8P2/c13-5(14,7(17,18)11(25,26)37(29,30)31)9(21,22)35-3-1-2-4-36-10(23,24)6(15,16)8(19,20)12(27,28)38(32,33)34/h1-4H2,(H2,29,30,31)(H2,32,33,34)/p-2. The fourth-order valence-corrected chi connectivity index (χ4v) is 2.87. The van der Waals surface area contributed by atoms with Gasteiger partial charge in [-0.1, -0.05) is 0 Å². The van der Waals surface area contributed by atoms with Crippen molar-refractivity contribution in [3.05, 3.63) is 0 Å². The Labute approximate surface area is 198 Å². The maximum absolute atomic E-state index is 13.3. The number of unbranched alkanes of at least 4 members (excludes halogenated alkanes) is 1. The molecule has 0 saturated carbocycles. The Morgan fingerprint density at radius 2 is 0.711 bits per heavy atom. The van der Waals surface area contributed by atoms with Gasteiger partial charge in [0.25, 0.3) is 0 Å². The van der Waals surface area contributed by atoms with Gasteiger partial charge in [-0.25, -0.2) is 0 Å². The average Bonchev–Trinajstić information content (AvgIpc) is 2.67. The summed E-state index contributed by atoms with van der Waals surface area (Å²) in [6.07, 6.45) is -16.3. The van der Waals surface area contributed by atoms with Gasteiger partial charge in [-0.15, -0.1) is 0 Å². The fourth-order valence-electron chi connectivity index (χ4n) is 1.88. The van der Waals surface area contributed by atoms with Gasteiger partial charge in [-0.2, -0.15) is 70.2 Å². The number of alkyl halides is 16. The lowest BCUT2D eigenvalue weighted by Gasteiger charge is -2.39. The summed E-state index contributed by atoms with van der Waals surface area (Å²) in [6.45, 7) is -4.14. The predicted octanol–water partition coefficient (Wildman–Crippen LogP) is 3.80. The molecule has 0 aromatic heterocycles. The first-order valence-electron chi connectivity index (χ1n) is 8.59. The number of hydrogen-bond donors (Lipinski definition) is 2. The number of ether oxygens (including phenoxy) is 2. The van der Waals surface area contributed by atoms with Crippen molar-refractivity contribution < 1.29 is 108 Å². The van der Waals surface area contributed by atoms with Crippen LogP contribution >= 0.6 is 15.2 Å². The molecule has 0 spiro atoms. The second-order valence-corrected chi connectivity index (χ2v) is 10.1. The third kappa shape index (κ3) is 6.06. The van der Waals surface area contributed by atoms with Gasteiger partial charge in [0.05, 0.1) is 13.2 Å². The van der Waals surface area contributed by atoms with Crippen molar-refractivity contribution >= 4 is 15.2 Å². The summed E-state index contributed by atoms with van der Waals surface area (Å²) < 4.78 is 237. The Balaban J connectivity index is 5.33. The smallest absolute Gasteiger partial charge is 0.426 e.